The summed E-state index contributed by atoms with van der Waals surface area (Å²) >= 11 is 14.4. The molecule has 2 aromatic carbocycles. The summed E-state index contributed by atoms with van der Waals surface area (Å²) in [5.41, 5.74) is 2.66. The molecule has 0 aliphatic carbocycles. The number of benzene rings is 2. The lowest BCUT2D eigenvalue weighted by molar-refractivity contribution is 0.602. The quantitative estimate of drug-likeness (QED) is 0.697. The third-order valence-electron chi connectivity index (χ3n) is 4.34. The Balaban J connectivity index is 1.63. The van der Waals surface area contributed by atoms with Crippen LogP contribution in [-0.4, -0.2) is 33.4 Å². The van der Waals surface area contributed by atoms with Gasteiger partial charge in [-0.25, -0.2) is 13.4 Å². The van der Waals surface area contributed by atoms with E-state index in [0.29, 0.717) is 27.4 Å². The van der Waals surface area contributed by atoms with Gasteiger partial charge in [0.05, 0.1) is 45.1 Å². The maximum atomic E-state index is 11.7. The largest absolute Gasteiger partial charge is 0.328 e. The molecule has 0 N–H and O–H groups in total. The van der Waals surface area contributed by atoms with E-state index in [-0.39, 0.29) is 0 Å². The van der Waals surface area contributed by atoms with Crippen molar-refractivity contribution in [3.05, 3.63) is 63.2 Å². The Bertz CT molecular complexity index is 1050. The second kappa shape index (κ2) is 7.05. The highest BCUT2D eigenvalue weighted by Gasteiger charge is 2.30. The lowest BCUT2D eigenvalue weighted by Gasteiger charge is -2.29. The van der Waals surface area contributed by atoms with Gasteiger partial charge in [0, 0.05) is 11.9 Å². The van der Waals surface area contributed by atoms with Crippen LogP contribution in [0.15, 0.2) is 63.1 Å². The maximum absolute atomic E-state index is 11.7. The van der Waals surface area contributed by atoms with E-state index in [2.05, 4.69) is 9.89 Å². The van der Waals surface area contributed by atoms with E-state index in [1.807, 2.05) is 23.1 Å². The number of rotatable bonds is 3. The van der Waals surface area contributed by atoms with Crippen LogP contribution in [0.5, 0.6) is 0 Å². The lowest BCUT2D eigenvalue weighted by atomic mass is 10.2. The zero-order chi connectivity index (χ0) is 19.2. The van der Waals surface area contributed by atoms with E-state index < -0.39 is 9.84 Å². The van der Waals surface area contributed by atoms with Gasteiger partial charge in [0.1, 0.15) is 5.03 Å². The van der Waals surface area contributed by atoms with Crippen LogP contribution in [0.3, 0.4) is 0 Å². The number of aliphatic imine (C=N–C) groups is 1. The number of hydrogen-bond donors (Lipinski definition) is 0. The zero-order valence-corrected chi connectivity index (χ0v) is 17.4. The molecular weight excluding hydrogens is 425 g/mol. The Labute approximate surface area is 172 Å². The molecule has 0 saturated heterocycles. The van der Waals surface area contributed by atoms with Crippen molar-refractivity contribution in [3.8, 4) is 0 Å². The van der Waals surface area contributed by atoms with Crippen molar-refractivity contribution in [3.63, 3.8) is 0 Å². The fraction of sp³-hybridized carbons (Fsp3) is 0.167. The van der Waals surface area contributed by atoms with Crippen LogP contribution in [-0.2, 0) is 9.84 Å². The summed E-state index contributed by atoms with van der Waals surface area (Å²) in [5, 5.41) is 2.13. The Morgan fingerprint density at radius 3 is 2.37 bits per heavy atom. The van der Waals surface area contributed by atoms with Crippen LogP contribution >= 0.6 is 35.0 Å². The van der Waals surface area contributed by atoms with E-state index in [0.717, 1.165) is 22.1 Å². The van der Waals surface area contributed by atoms with Crippen molar-refractivity contribution < 1.29 is 8.42 Å². The minimum atomic E-state index is -3.22. The van der Waals surface area contributed by atoms with Crippen LogP contribution in [0.2, 0.25) is 10.0 Å². The van der Waals surface area contributed by atoms with Crippen LogP contribution in [0.25, 0.3) is 0 Å². The van der Waals surface area contributed by atoms with E-state index in [4.69, 9.17) is 23.2 Å². The summed E-state index contributed by atoms with van der Waals surface area (Å²) in [7, 11) is -3.22. The summed E-state index contributed by atoms with van der Waals surface area (Å²) in [4.78, 5) is 8.89. The Hall–Kier alpha value is -1.67. The summed E-state index contributed by atoms with van der Waals surface area (Å²) in [5.74, 6) is 0.687. The third-order valence-corrected chi connectivity index (χ3v) is 7.08. The van der Waals surface area contributed by atoms with Crippen LogP contribution < -0.4 is 9.80 Å². The van der Waals surface area contributed by atoms with Gasteiger partial charge in [-0.05, 0) is 36.4 Å². The third kappa shape index (κ3) is 3.57. The number of nitrogens with zero attached hydrogens (tertiary/aromatic N) is 3. The van der Waals surface area contributed by atoms with Gasteiger partial charge in [0.15, 0.2) is 9.84 Å². The van der Waals surface area contributed by atoms with E-state index in [1.165, 1.54) is 6.26 Å². The molecule has 0 fully saturated rings. The van der Waals surface area contributed by atoms with Crippen molar-refractivity contribution >= 4 is 62.5 Å². The molecule has 0 amide bonds. The van der Waals surface area contributed by atoms with E-state index in [9.17, 15) is 8.42 Å². The first-order valence-corrected chi connectivity index (χ1v) is 11.7. The standard InChI is InChI=1S/C18H15Cl2N3O2S2/c1-27(24,25)13-7-5-12(6-8-13)22-9-16-18(21-10-22)26-11-23(16)17-14(19)3-2-4-15(17)20/h2-8,10H,9,11H2,1H3. The minimum Gasteiger partial charge on any atom is -0.328 e. The average molecular weight is 440 g/mol. The molecule has 2 aromatic rings. The first kappa shape index (κ1) is 18.7. The van der Waals surface area contributed by atoms with Crippen LogP contribution in [0.1, 0.15) is 0 Å². The fourth-order valence-electron chi connectivity index (χ4n) is 2.98. The summed E-state index contributed by atoms with van der Waals surface area (Å²) in [6.45, 7) is 0.589. The number of halogens is 2. The second-order valence-corrected chi connectivity index (χ2v) is 9.93. The SMILES string of the molecule is CS(=O)(=O)c1ccc(N2C=NC3=C(C2)N(c2c(Cl)cccc2Cl)CS3)cc1. The van der Waals surface area contributed by atoms with Gasteiger partial charge >= 0.3 is 0 Å². The van der Waals surface area contributed by atoms with Gasteiger partial charge in [0.25, 0.3) is 0 Å². The molecule has 0 spiro atoms. The highest BCUT2D eigenvalue weighted by molar-refractivity contribution is 8.03. The summed E-state index contributed by atoms with van der Waals surface area (Å²) < 4.78 is 23.3. The first-order valence-electron chi connectivity index (χ1n) is 8.03. The van der Waals surface area contributed by atoms with Crippen LogP contribution in [0.4, 0.5) is 11.4 Å². The van der Waals surface area contributed by atoms with Crippen molar-refractivity contribution in [1.82, 2.24) is 0 Å². The molecule has 2 heterocycles. The lowest BCUT2D eigenvalue weighted by Crippen LogP contribution is -2.33. The molecule has 4 rings (SSSR count). The first-order chi connectivity index (χ1) is 12.8. The average Bonchev–Trinajstić information content (AvgIpc) is 3.04. The van der Waals surface area contributed by atoms with Crippen molar-refractivity contribution in [2.75, 3.05) is 28.5 Å². The topological polar surface area (TPSA) is 53.0 Å². The van der Waals surface area contributed by atoms with Gasteiger partial charge in [0.2, 0.25) is 0 Å². The highest BCUT2D eigenvalue weighted by atomic mass is 35.5. The fourth-order valence-corrected chi connectivity index (χ4v) is 5.21. The molecule has 0 saturated carbocycles. The van der Waals surface area contributed by atoms with Gasteiger partial charge in [-0.15, -0.1) is 0 Å². The molecule has 0 atom stereocenters. The highest BCUT2D eigenvalue weighted by Crippen LogP contribution is 2.44. The van der Waals surface area contributed by atoms with Crippen molar-refractivity contribution in [2.24, 2.45) is 4.99 Å². The van der Waals surface area contributed by atoms with Gasteiger partial charge in [-0.2, -0.15) is 0 Å². The molecule has 0 unspecified atom stereocenters. The van der Waals surface area contributed by atoms with Gasteiger partial charge < -0.3 is 9.80 Å². The maximum Gasteiger partial charge on any atom is 0.175 e. The number of hydrogen-bond acceptors (Lipinski definition) is 6. The van der Waals surface area contributed by atoms with Crippen LogP contribution in [0, 0.1) is 0 Å². The molecule has 0 bridgehead atoms. The molecule has 0 aromatic heterocycles. The predicted molar refractivity (Wildman–Crippen MR) is 114 cm³/mol. The number of sulfone groups is 1. The molecule has 5 nitrogen and oxygen atoms in total. The van der Waals surface area contributed by atoms with E-state index in [1.54, 1.807) is 42.4 Å². The predicted octanol–water partition coefficient (Wildman–Crippen LogP) is 4.63. The second-order valence-electron chi connectivity index (χ2n) is 6.16. The molecule has 2 aliphatic heterocycles. The smallest absolute Gasteiger partial charge is 0.175 e. The minimum absolute atomic E-state index is 0.293. The van der Waals surface area contributed by atoms with Gasteiger partial charge in [-0.3, -0.25) is 0 Å². The van der Waals surface area contributed by atoms with E-state index >= 15 is 0 Å². The summed E-state index contributed by atoms with van der Waals surface area (Å²) in [6, 6.07) is 12.2. The number of para-hydroxylation sites is 1. The van der Waals surface area contributed by atoms with Gasteiger partial charge in [-0.1, -0.05) is 41.0 Å². The Kier molecular flexibility index (Phi) is 4.88. The molecule has 27 heavy (non-hydrogen) atoms. The molecule has 0 radical (unpaired) electrons. The number of thioether (sulfide) groups is 1. The zero-order valence-electron chi connectivity index (χ0n) is 14.3. The Morgan fingerprint density at radius 2 is 1.74 bits per heavy atom. The molecule has 2 aliphatic rings. The Morgan fingerprint density at radius 1 is 1.07 bits per heavy atom. The monoisotopic (exact) mass is 439 g/mol. The molecule has 140 valence electrons. The number of anilines is 2. The summed E-state index contributed by atoms with van der Waals surface area (Å²) in [6.07, 6.45) is 2.96. The molecular formula is C18H15Cl2N3O2S2. The molecule has 9 heteroatoms. The normalized spacial score (nSPS) is 16.9. The van der Waals surface area contributed by atoms with Crippen molar-refractivity contribution in [1.29, 1.82) is 0 Å². The van der Waals surface area contributed by atoms with Crippen molar-refractivity contribution in [2.45, 2.75) is 4.90 Å².